The largest absolute Gasteiger partial charge is 0.467 e. The SMILES string of the molecule is CCCC[C@H]1/C(=C/CCC[C@@H]2C[C@H]2OC(=O)N[C@H](C(=O)OC)C(C)(C)C)[C@@H]1OC(=O)N[C@H](C(=O)OC)C(C)(C)C. The molecule has 2 amide bonds. The van der Waals surface area contributed by atoms with Gasteiger partial charge in [0.25, 0.3) is 0 Å². The Morgan fingerprint density at radius 1 is 0.850 bits per heavy atom. The Morgan fingerprint density at radius 3 is 1.85 bits per heavy atom. The number of methoxy groups -OCH3 is 2. The second-order valence-corrected chi connectivity index (χ2v) is 13.1. The minimum absolute atomic E-state index is 0.144. The number of rotatable bonds is 13. The number of carbonyl (C=O) groups is 4. The van der Waals surface area contributed by atoms with Crippen molar-refractivity contribution in [3.05, 3.63) is 11.6 Å². The van der Waals surface area contributed by atoms with Crippen LogP contribution in [0.4, 0.5) is 9.59 Å². The minimum Gasteiger partial charge on any atom is -0.467 e. The number of hydrogen-bond acceptors (Lipinski definition) is 8. The Kier molecular flexibility index (Phi) is 11.9. The van der Waals surface area contributed by atoms with Gasteiger partial charge in [-0.05, 0) is 54.4 Å². The smallest absolute Gasteiger partial charge is 0.408 e. The van der Waals surface area contributed by atoms with Gasteiger partial charge in [-0.2, -0.15) is 0 Å². The van der Waals surface area contributed by atoms with E-state index in [1.54, 1.807) is 0 Å². The third-order valence-electron chi connectivity index (χ3n) is 7.52. The van der Waals surface area contributed by atoms with Gasteiger partial charge in [0.1, 0.15) is 24.3 Å². The maximum Gasteiger partial charge on any atom is 0.408 e. The number of unbranched alkanes of at least 4 members (excludes halogenated alkanes) is 2. The van der Waals surface area contributed by atoms with Crippen molar-refractivity contribution in [1.82, 2.24) is 10.6 Å². The second kappa shape index (κ2) is 14.2. The van der Waals surface area contributed by atoms with Gasteiger partial charge in [-0.3, -0.25) is 0 Å². The van der Waals surface area contributed by atoms with Gasteiger partial charge in [0.05, 0.1) is 14.2 Å². The van der Waals surface area contributed by atoms with Crippen LogP contribution in [0, 0.1) is 22.7 Å². The zero-order chi connectivity index (χ0) is 30.3. The van der Waals surface area contributed by atoms with Gasteiger partial charge < -0.3 is 29.6 Å². The molecular weight excluding hydrogens is 516 g/mol. The molecule has 0 radical (unpaired) electrons. The molecule has 40 heavy (non-hydrogen) atoms. The van der Waals surface area contributed by atoms with Crippen LogP contribution in [-0.4, -0.2) is 62.6 Å². The summed E-state index contributed by atoms with van der Waals surface area (Å²) in [7, 11) is 2.60. The number of amides is 2. The lowest BCUT2D eigenvalue weighted by Crippen LogP contribution is -2.50. The highest BCUT2D eigenvalue weighted by molar-refractivity contribution is 5.83. The van der Waals surface area contributed by atoms with Crippen LogP contribution in [0.25, 0.3) is 0 Å². The second-order valence-electron chi connectivity index (χ2n) is 13.1. The molecule has 0 aromatic rings. The summed E-state index contributed by atoms with van der Waals surface area (Å²) in [6.45, 7) is 13.2. The van der Waals surface area contributed by atoms with E-state index in [2.05, 4.69) is 23.6 Å². The van der Waals surface area contributed by atoms with E-state index in [-0.39, 0.29) is 18.1 Å². The molecular formula is C30H50N2O8. The highest BCUT2D eigenvalue weighted by Gasteiger charge is 2.47. The average molecular weight is 567 g/mol. The molecule has 2 saturated carbocycles. The molecule has 0 bridgehead atoms. The maximum atomic E-state index is 12.6. The normalized spacial score (nSPS) is 24.4. The highest BCUT2D eigenvalue weighted by Crippen LogP contribution is 2.46. The van der Waals surface area contributed by atoms with Gasteiger partial charge in [-0.1, -0.05) is 67.4 Å². The summed E-state index contributed by atoms with van der Waals surface area (Å²) < 4.78 is 20.9. The summed E-state index contributed by atoms with van der Waals surface area (Å²) in [5.41, 5.74) is 0.113. The molecule has 6 atom stereocenters. The lowest BCUT2D eigenvalue weighted by molar-refractivity contribution is -0.146. The van der Waals surface area contributed by atoms with E-state index in [0.29, 0.717) is 5.92 Å². The first-order valence-corrected chi connectivity index (χ1v) is 14.4. The number of ether oxygens (including phenoxy) is 4. The van der Waals surface area contributed by atoms with E-state index in [0.717, 1.165) is 50.5 Å². The third kappa shape index (κ3) is 10.0. The van der Waals surface area contributed by atoms with Gasteiger partial charge in [0.2, 0.25) is 0 Å². The number of alkyl carbamates (subject to hydrolysis) is 2. The Labute approximate surface area is 239 Å². The van der Waals surface area contributed by atoms with E-state index in [1.165, 1.54) is 14.2 Å². The van der Waals surface area contributed by atoms with E-state index in [4.69, 9.17) is 18.9 Å². The van der Waals surface area contributed by atoms with Gasteiger partial charge in [-0.15, -0.1) is 0 Å². The van der Waals surface area contributed by atoms with Crippen LogP contribution in [0.3, 0.4) is 0 Å². The van der Waals surface area contributed by atoms with E-state index in [9.17, 15) is 19.2 Å². The molecule has 2 aliphatic carbocycles. The predicted molar refractivity (Wildman–Crippen MR) is 150 cm³/mol. The minimum atomic E-state index is -0.805. The molecule has 0 saturated heterocycles. The Balaban J connectivity index is 1.81. The molecule has 10 nitrogen and oxygen atoms in total. The molecule has 0 aliphatic heterocycles. The Bertz CT molecular complexity index is 933. The Hall–Kier alpha value is -2.78. The van der Waals surface area contributed by atoms with E-state index in [1.807, 2.05) is 41.5 Å². The van der Waals surface area contributed by atoms with Crippen molar-refractivity contribution in [3.8, 4) is 0 Å². The topological polar surface area (TPSA) is 129 Å². The molecule has 2 fully saturated rings. The lowest BCUT2D eigenvalue weighted by atomic mass is 9.87. The zero-order valence-corrected chi connectivity index (χ0v) is 25.8. The summed E-state index contributed by atoms with van der Waals surface area (Å²) in [4.78, 5) is 49.2. The van der Waals surface area contributed by atoms with E-state index >= 15 is 0 Å². The van der Waals surface area contributed by atoms with Crippen molar-refractivity contribution in [2.75, 3.05) is 14.2 Å². The molecule has 0 unspecified atom stereocenters. The summed E-state index contributed by atoms with van der Waals surface area (Å²) in [6.07, 6.45) is 7.09. The molecule has 2 aliphatic rings. The Morgan fingerprint density at radius 2 is 1.38 bits per heavy atom. The standard InChI is InChI=1S/C30H50N2O8/c1-10-11-15-19-20(22(19)40-28(36)32-24(26(34)38-9)30(5,6)7)16-13-12-14-18-17-21(18)39-27(35)31-23(25(33)37-8)29(2,3)4/h16,18-19,21-24H,10-15,17H2,1-9H3,(H,31,35)(H,32,36)/b20-16-/t18-,19+,21-,22-,23-,24-/m1/s1. The van der Waals surface area contributed by atoms with Gasteiger partial charge in [0, 0.05) is 5.92 Å². The van der Waals surface area contributed by atoms with Crippen molar-refractivity contribution in [2.24, 2.45) is 22.7 Å². The fraction of sp³-hybridized carbons (Fsp3) is 0.800. The van der Waals surface area contributed by atoms with Crippen LogP contribution in [0.15, 0.2) is 11.6 Å². The van der Waals surface area contributed by atoms with Gasteiger partial charge >= 0.3 is 24.1 Å². The first-order valence-electron chi connectivity index (χ1n) is 14.4. The van der Waals surface area contributed by atoms with Crippen molar-refractivity contribution < 1.29 is 38.1 Å². The predicted octanol–water partition coefficient (Wildman–Crippen LogP) is 5.29. The maximum absolute atomic E-state index is 12.6. The van der Waals surface area contributed by atoms with Crippen LogP contribution in [-0.2, 0) is 28.5 Å². The highest BCUT2D eigenvalue weighted by atomic mass is 16.6. The third-order valence-corrected chi connectivity index (χ3v) is 7.52. The first kappa shape index (κ1) is 33.4. The molecule has 10 heteroatoms. The monoisotopic (exact) mass is 566 g/mol. The first-order chi connectivity index (χ1) is 18.6. The van der Waals surface area contributed by atoms with Crippen LogP contribution in [0.2, 0.25) is 0 Å². The molecule has 0 aromatic carbocycles. The van der Waals surface area contributed by atoms with E-state index < -0.39 is 47.0 Å². The number of nitrogens with one attached hydrogen (secondary N) is 2. The number of esters is 2. The van der Waals surface area contributed by atoms with Crippen LogP contribution in [0.5, 0.6) is 0 Å². The van der Waals surface area contributed by atoms with Gasteiger partial charge in [0.15, 0.2) is 0 Å². The number of allylic oxidation sites excluding steroid dienone is 1. The molecule has 2 N–H and O–H groups in total. The summed E-state index contributed by atoms with van der Waals surface area (Å²) >= 11 is 0. The number of carbonyl (C=O) groups excluding carboxylic acids is 4. The van der Waals surface area contributed by atoms with Crippen molar-refractivity contribution in [3.63, 3.8) is 0 Å². The summed E-state index contributed by atoms with van der Waals surface area (Å²) in [6, 6.07) is -1.59. The fourth-order valence-corrected chi connectivity index (χ4v) is 4.84. The van der Waals surface area contributed by atoms with Crippen LogP contribution < -0.4 is 10.6 Å². The van der Waals surface area contributed by atoms with Crippen LogP contribution >= 0.6 is 0 Å². The summed E-state index contributed by atoms with van der Waals surface area (Å²) in [5, 5.41) is 5.32. The number of hydrogen-bond donors (Lipinski definition) is 2. The fourth-order valence-electron chi connectivity index (χ4n) is 4.84. The van der Waals surface area contributed by atoms with Crippen molar-refractivity contribution >= 4 is 24.1 Å². The molecule has 2 rings (SSSR count). The van der Waals surface area contributed by atoms with Crippen LogP contribution in [0.1, 0.15) is 93.4 Å². The molecule has 228 valence electrons. The van der Waals surface area contributed by atoms with Gasteiger partial charge in [-0.25, -0.2) is 19.2 Å². The summed E-state index contributed by atoms with van der Waals surface area (Å²) in [5.74, 6) is -0.491. The molecule has 0 heterocycles. The zero-order valence-electron chi connectivity index (χ0n) is 25.8. The quantitative estimate of drug-likeness (QED) is 0.133. The van der Waals surface area contributed by atoms with Crippen molar-refractivity contribution in [2.45, 2.75) is 118 Å². The molecule has 0 spiro atoms. The average Bonchev–Trinajstić information content (AvgIpc) is 3.76. The molecule has 0 aromatic heterocycles. The van der Waals surface area contributed by atoms with Crippen molar-refractivity contribution in [1.29, 1.82) is 0 Å². The lowest BCUT2D eigenvalue weighted by Gasteiger charge is -2.28.